The van der Waals surface area contributed by atoms with Crippen molar-refractivity contribution in [2.45, 2.75) is 18.8 Å². The van der Waals surface area contributed by atoms with Crippen LogP contribution in [0, 0.1) is 0 Å². The van der Waals surface area contributed by atoms with Crippen LogP contribution in [0.1, 0.15) is 32.4 Å². The number of carbonyl (C=O) groups is 1. The lowest BCUT2D eigenvalue weighted by Crippen LogP contribution is -2.31. The van der Waals surface area contributed by atoms with E-state index in [1.54, 1.807) is 35.7 Å². The zero-order valence-electron chi connectivity index (χ0n) is 15.1. The highest BCUT2D eigenvalue weighted by atomic mass is 32.1. The van der Waals surface area contributed by atoms with Gasteiger partial charge in [-0.25, -0.2) is 0 Å². The molecular weight excluding hydrogens is 403 g/mol. The van der Waals surface area contributed by atoms with Crippen LogP contribution in [0.25, 0.3) is 0 Å². The molecule has 0 fully saturated rings. The molecule has 150 valence electrons. The Hall–Kier alpha value is -3.00. The molecule has 0 N–H and O–H groups in total. The number of ether oxygens (including phenoxy) is 1. The molecule has 8 heteroatoms. The summed E-state index contributed by atoms with van der Waals surface area (Å²) in [5, 5.41) is 2.00. The van der Waals surface area contributed by atoms with Gasteiger partial charge in [-0.3, -0.25) is 4.79 Å². The molecule has 3 heterocycles. The predicted molar refractivity (Wildman–Crippen MR) is 102 cm³/mol. The number of fused-ring (bicyclic) bond motifs is 1. The van der Waals surface area contributed by atoms with Crippen molar-refractivity contribution in [3.63, 3.8) is 0 Å². The van der Waals surface area contributed by atoms with E-state index in [4.69, 9.17) is 4.42 Å². The highest BCUT2D eigenvalue weighted by Crippen LogP contribution is 2.38. The van der Waals surface area contributed by atoms with Crippen LogP contribution in [-0.2, 0) is 6.42 Å². The van der Waals surface area contributed by atoms with E-state index in [0.29, 0.717) is 12.1 Å². The number of alkyl halides is 3. The van der Waals surface area contributed by atoms with E-state index in [0.717, 1.165) is 17.5 Å². The largest absolute Gasteiger partial charge is 0.573 e. The molecule has 1 atom stereocenters. The summed E-state index contributed by atoms with van der Waals surface area (Å²) in [4.78, 5) is 15.5. The van der Waals surface area contributed by atoms with Crippen molar-refractivity contribution >= 4 is 17.1 Å². The Labute approximate surface area is 168 Å². The van der Waals surface area contributed by atoms with Gasteiger partial charge >= 0.3 is 6.36 Å². The van der Waals surface area contributed by atoms with Crippen molar-refractivity contribution in [2.24, 2.45) is 0 Å². The first kappa shape index (κ1) is 19.3. The average molecular weight is 419 g/mol. The number of ketones is 1. The van der Waals surface area contributed by atoms with Crippen molar-refractivity contribution < 1.29 is 27.1 Å². The minimum absolute atomic E-state index is 0.178. The molecule has 0 saturated heterocycles. The first-order valence-corrected chi connectivity index (χ1v) is 9.71. The quantitative estimate of drug-likeness (QED) is 0.400. The van der Waals surface area contributed by atoms with Crippen molar-refractivity contribution in [3.05, 3.63) is 88.1 Å². The number of benzene rings is 1. The summed E-state index contributed by atoms with van der Waals surface area (Å²) in [5.41, 5.74) is 2.37. The second-order valence-corrected chi connectivity index (χ2v) is 7.50. The lowest BCUT2D eigenvalue weighted by molar-refractivity contribution is -0.274. The minimum Gasteiger partial charge on any atom is -0.472 e. The third-order valence-electron chi connectivity index (χ3n) is 4.66. The number of carbonyl (C=O) groups excluding carboxylic acids is 1. The summed E-state index contributed by atoms with van der Waals surface area (Å²) in [6.45, 7) is 0.689. The van der Waals surface area contributed by atoms with Gasteiger partial charge in [0.05, 0.1) is 17.9 Å². The smallest absolute Gasteiger partial charge is 0.472 e. The molecule has 29 heavy (non-hydrogen) atoms. The second-order valence-electron chi connectivity index (χ2n) is 6.50. The monoisotopic (exact) mass is 419 g/mol. The molecule has 1 unspecified atom stereocenters. The molecule has 0 spiro atoms. The topological polar surface area (TPSA) is 42.7 Å². The maximum absolute atomic E-state index is 12.4. The summed E-state index contributed by atoms with van der Waals surface area (Å²) >= 11 is 1.66. The SMILES string of the molecule is O=C(C=CN1CCc2sccc2C1c1ccc(OC(F)(F)F)cc1)c1ccoc1. The van der Waals surface area contributed by atoms with Gasteiger partial charge in [-0.15, -0.1) is 24.5 Å². The maximum atomic E-state index is 12.4. The van der Waals surface area contributed by atoms with Gasteiger partial charge in [-0.2, -0.15) is 0 Å². The van der Waals surface area contributed by atoms with E-state index in [2.05, 4.69) is 4.74 Å². The number of hydrogen-bond acceptors (Lipinski definition) is 5. The first-order valence-electron chi connectivity index (χ1n) is 8.83. The van der Waals surface area contributed by atoms with Crippen molar-refractivity contribution in [2.75, 3.05) is 6.54 Å². The lowest BCUT2D eigenvalue weighted by atomic mass is 9.93. The molecule has 3 aromatic rings. The third kappa shape index (κ3) is 4.37. The molecule has 0 radical (unpaired) electrons. The van der Waals surface area contributed by atoms with Crippen molar-refractivity contribution in [3.8, 4) is 5.75 Å². The van der Waals surface area contributed by atoms with Crippen LogP contribution in [0.15, 0.2) is 71.0 Å². The normalized spacial score (nSPS) is 16.8. The molecule has 4 nitrogen and oxygen atoms in total. The number of rotatable bonds is 5. The van der Waals surface area contributed by atoms with Crippen molar-refractivity contribution in [1.82, 2.24) is 4.90 Å². The van der Waals surface area contributed by atoms with Crippen LogP contribution in [0.5, 0.6) is 5.75 Å². The van der Waals surface area contributed by atoms with Gasteiger partial charge in [0.1, 0.15) is 12.0 Å². The summed E-state index contributed by atoms with van der Waals surface area (Å²) < 4.78 is 46.2. The fourth-order valence-electron chi connectivity index (χ4n) is 3.38. The van der Waals surface area contributed by atoms with Crippen LogP contribution >= 0.6 is 11.3 Å². The summed E-state index contributed by atoms with van der Waals surface area (Å²) in [6, 6.07) is 9.27. The Morgan fingerprint density at radius 2 is 2.00 bits per heavy atom. The number of halogens is 3. The molecular formula is C21H16F3NO3S. The Balaban J connectivity index is 1.61. The minimum atomic E-state index is -4.73. The van der Waals surface area contributed by atoms with Crippen LogP contribution in [0.2, 0.25) is 0 Å². The zero-order chi connectivity index (χ0) is 20.4. The molecule has 1 aromatic carbocycles. The highest BCUT2D eigenvalue weighted by Gasteiger charge is 2.32. The molecule has 0 aliphatic carbocycles. The lowest BCUT2D eigenvalue weighted by Gasteiger charge is -2.35. The first-order chi connectivity index (χ1) is 13.9. The summed E-state index contributed by atoms with van der Waals surface area (Å²) in [7, 11) is 0. The van der Waals surface area contributed by atoms with Gasteiger partial charge in [0.15, 0.2) is 5.78 Å². The summed E-state index contributed by atoms with van der Waals surface area (Å²) in [5.74, 6) is -0.442. The van der Waals surface area contributed by atoms with Crippen LogP contribution < -0.4 is 4.74 Å². The number of allylic oxidation sites excluding steroid dienone is 1. The van der Waals surface area contributed by atoms with Gasteiger partial charge in [0.2, 0.25) is 0 Å². The molecule has 2 aromatic heterocycles. The second kappa shape index (κ2) is 7.79. The van der Waals surface area contributed by atoms with Gasteiger partial charge in [0, 0.05) is 23.7 Å². The fraction of sp³-hybridized carbons (Fsp3) is 0.190. The maximum Gasteiger partial charge on any atom is 0.573 e. The molecule has 0 amide bonds. The Morgan fingerprint density at radius 1 is 1.21 bits per heavy atom. The van der Waals surface area contributed by atoms with E-state index in [1.165, 1.54) is 35.6 Å². The van der Waals surface area contributed by atoms with E-state index in [-0.39, 0.29) is 17.6 Å². The highest BCUT2D eigenvalue weighted by molar-refractivity contribution is 7.10. The number of furan rings is 1. The van der Waals surface area contributed by atoms with E-state index >= 15 is 0 Å². The van der Waals surface area contributed by atoms with Crippen molar-refractivity contribution in [1.29, 1.82) is 0 Å². The zero-order valence-corrected chi connectivity index (χ0v) is 15.9. The van der Waals surface area contributed by atoms with E-state index in [9.17, 15) is 18.0 Å². The standard InChI is InChI=1S/C21H16F3NO3S/c22-21(23,24)28-16-3-1-14(2-4-16)20-17-8-12-29-19(17)6-10-25(20)9-5-18(26)15-7-11-27-13-15/h1-5,7-9,11-13,20H,6,10H2. The van der Waals surface area contributed by atoms with Crippen LogP contribution in [0.3, 0.4) is 0 Å². The predicted octanol–water partition coefficient (Wildman–Crippen LogP) is 5.58. The Kier molecular flexibility index (Phi) is 5.19. The fourth-order valence-corrected chi connectivity index (χ4v) is 4.29. The molecule has 0 saturated carbocycles. The third-order valence-corrected chi connectivity index (χ3v) is 5.65. The number of nitrogens with zero attached hydrogens (tertiary/aromatic N) is 1. The van der Waals surface area contributed by atoms with E-state index < -0.39 is 6.36 Å². The van der Waals surface area contributed by atoms with Gasteiger partial charge in [0.25, 0.3) is 0 Å². The average Bonchev–Trinajstić information content (AvgIpc) is 3.37. The molecule has 0 bridgehead atoms. The van der Waals surface area contributed by atoms with Gasteiger partial charge in [-0.05, 0) is 47.2 Å². The molecule has 1 aliphatic rings. The molecule has 4 rings (SSSR count). The number of hydrogen-bond donors (Lipinski definition) is 0. The van der Waals surface area contributed by atoms with Gasteiger partial charge < -0.3 is 14.1 Å². The van der Waals surface area contributed by atoms with E-state index in [1.807, 2.05) is 16.3 Å². The number of thiophene rings is 1. The summed E-state index contributed by atoms with van der Waals surface area (Å²) in [6.07, 6.45) is 2.15. The molecule has 1 aliphatic heterocycles. The van der Waals surface area contributed by atoms with Gasteiger partial charge in [-0.1, -0.05) is 12.1 Å². The Bertz CT molecular complexity index is 1010. The van der Waals surface area contributed by atoms with Crippen LogP contribution in [0.4, 0.5) is 13.2 Å². The van der Waals surface area contributed by atoms with Crippen LogP contribution in [-0.4, -0.2) is 23.6 Å². The Morgan fingerprint density at radius 3 is 2.69 bits per heavy atom.